The summed E-state index contributed by atoms with van der Waals surface area (Å²) in [4.78, 5) is 73.1. The highest BCUT2D eigenvalue weighted by molar-refractivity contribution is 7.47. The van der Waals surface area contributed by atoms with Crippen LogP contribution in [-0.4, -0.2) is 96.7 Å². The maximum atomic E-state index is 13.1. The van der Waals surface area contributed by atoms with Gasteiger partial charge in [0.25, 0.3) is 0 Å². The van der Waals surface area contributed by atoms with E-state index in [1.807, 2.05) is 0 Å². The Hall–Kier alpha value is -1.94. The molecule has 0 saturated carbocycles. The molecule has 0 aliphatic carbocycles. The van der Waals surface area contributed by atoms with Gasteiger partial charge >= 0.3 is 39.5 Å². The van der Waals surface area contributed by atoms with Crippen LogP contribution in [0.5, 0.6) is 0 Å². The monoisotopic (exact) mass is 1490 g/mol. The molecule has 0 fully saturated rings. The summed E-state index contributed by atoms with van der Waals surface area (Å²) in [7, 11) is -9.92. The molecule has 3 unspecified atom stereocenters. The number of phosphoric ester groups is 2. The van der Waals surface area contributed by atoms with E-state index in [-0.39, 0.29) is 25.7 Å². The molecular formula is C83H162O17P2. The number of hydrogen-bond donors (Lipinski definition) is 3. The number of aliphatic hydroxyl groups is 1. The fourth-order valence-corrected chi connectivity index (χ4v) is 14.4. The van der Waals surface area contributed by atoms with Gasteiger partial charge in [0.15, 0.2) is 12.2 Å². The highest BCUT2D eigenvalue weighted by Gasteiger charge is 2.30. The predicted octanol–water partition coefficient (Wildman–Crippen LogP) is 25.1. The summed E-state index contributed by atoms with van der Waals surface area (Å²) in [6.07, 6.45) is 65.1. The smallest absolute Gasteiger partial charge is 0.462 e. The van der Waals surface area contributed by atoms with E-state index in [2.05, 4.69) is 41.5 Å². The molecule has 19 heteroatoms. The molecule has 6 atom stereocenters. The van der Waals surface area contributed by atoms with E-state index in [9.17, 15) is 43.2 Å². The molecule has 0 aliphatic heterocycles. The van der Waals surface area contributed by atoms with Crippen molar-refractivity contribution in [1.82, 2.24) is 0 Å². The van der Waals surface area contributed by atoms with Crippen LogP contribution in [0.15, 0.2) is 0 Å². The van der Waals surface area contributed by atoms with Gasteiger partial charge in [-0.1, -0.05) is 388 Å². The summed E-state index contributed by atoms with van der Waals surface area (Å²) in [5.41, 5.74) is 0. The molecule has 0 saturated heterocycles. The van der Waals surface area contributed by atoms with Gasteiger partial charge in [-0.3, -0.25) is 37.3 Å². The van der Waals surface area contributed by atoms with Crippen LogP contribution in [0.25, 0.3) is 0 Å². The van der Waals surface area contributed by atoms with Gasteiger partial charge in [-0.25, -0.2) is 9.13 Å². The first-order chi connectivity index (χ1) is 49.4. The molecule has 0 aliphatic rings. The zero-order valence-electron chi connectivity index (χ0n) is 66.9. The van der Waals surface area contributed by atoms with Crippen LogP contribution in [0.1, 0.15) is 440 Å². The SMILES string of the molecule is CCCCCCCCCCCCCCCCCCCC(=O)OC[C@H](COP(=O)(O)OC[C@@H](O)COP(=O)(O)OC[C@@H](COC(=O)CCCCCCCCCCCC)OC(=O)CCCCCCCCCCCCC(C)CC)OC(=O)CCCCCCCCCCCCCCCCCCCCC(C)C. The fraction of sp³-hybridized carbons (Fsp3) is 0.952. The van der Waals surface area contributed by atoms with E-state index >= 15 is 0 Å². The van der Waals surface area contributed by atoms with E-state index < -0.39 is 97.5 Å². The van der Waals surface area contributed by atoms with Gasteiger partial charge in [0.2, 0.25) is 0 Å². The summed E-state index contributed by atoms with van der Waals surface area (Å²) >= 11 is 0. The third-order valence-electron chi connectivity index (χ3n) is 19.8. The van der Waals surface area contributed by atoms with Crippen LogP contribution in [0, 0.1) is 11.8 Å². The van der Waals surface area contributed by atoms with Crippen LogP contribution in [0.4, 0.5) is 0 Å². The van der Waals surface area contributed by atoms with Crippen LogP contribution in [0.2, 0.25) is 0 Å². The number of phosphoric acid groups is 2. The molecule has 0 rings (SSSR count). The molecule has 0 heterocycles. The van der Waals surface area contributed by atoms with Gasteiger partial charge in [0.1, 0.15) is 19.3 Å². The largest absolute Gasteiger partial charge is 0.472 e. The zero-order chi connectivity index (χ0) is 74.9. The Morgan fingerprint density at radius 3 is 0.745 bits per heavy atom. The van der Waals surface area contributed by atoms with E-state index in [0.717, 1.165) is 102 Å². The molecule has 3 N–H and O–H groups in total. The number of carbonyl (C=O) groups excluding carboxylic acids is 4. The Balaban J connectivity index is 5.23. The van der Waals surface area contributed by atoms with Gasteiger partial charge in [-0.2, -0.15) is 0 Å². The number of aliphatic hydroxyl groups excluding tert-OH is 1. The zero-order valence-corrected chi connectivity index (χ0v) is 68.7. The number of rotatable bonds is 82. The minimum absolute atomic E-state index is 0.107. The molecule has 0 amide bonds. The van der Waals surface area contributed by atoms with Gasteiger partial charge in [-0.05, 0) is 37.5 Å². The Bertz CT molecular complexity index is 1960. The maximum Gasteiger partial charge on any atom is 0.472 e. The minimum Gasteiger partial charge on any atom is -0.462 e. The Morgan fingerprint density at radius 1 is 0.284 bits per heavy atom. The third-order valence-corrected chi connectivity index (χ3v) is 21.7. The van der Waals surface area contributed by atoms with Crippen molar-refractivity contribution < 1.29 is 80.2 Å². The van der Waals surface area contributed by atoms with Gasteiger partial charge < -0.3 is 33.8 Å². The summed E-state index contributed by atoms with van der Waals surface area (Å²) in [5.74, 6) is -0.482. The number of carbonyl (C=O) groups is 4. The summed E-state index contributed by atoms with van der Waals surface area (Å²) in [6.45, 7) is 9.70. The average Bonchev–Trinajstić information content (AvgIpc) is 0.912. The summed E-state index contributed by atoms with van der Waals surface area (Å²) < 4.78 is 68.8. The van der Waals surface area contributed by atoms with Crippen LogP contribution < -0.4 is 0 Å². The summed E-state index contributed by atoms with van der Waals surface area (Å²) in [6, 6.07) is 0. The quantitative estimate of drug-likeness (QED) is 0.0222. The molecule has 0 bridgehead atoms. The second-order valence-electron chi connectivity index (χ2n) is 30.6. The second kappa shape index (κ2) is 74.5. The molecular weight excluding hydrogens is 1330 g/mol. The maximum absolute atomic E-state index is 13.1. The van der Waals surface area contributed by atoms with Gasteiger partial charge in [-0.15, -0.1) is 0 Å². The lowest BCUT2D eigenvalue weighted by atomic mass is 9.99. The first-order valence-electron chi connectivity index (χ1n) is 43.0. The standard InChI is InChI=1S/C83H162O17P2/c1-7-10-12-14-16-18-20-21-22-25-29-32-35-42-48-54-60-66-81(86)94-72-79(99-82(87)67-61-55-49-43-36-33-30-27-24-23-26-28-31-34-39-45-51-57-63-75(4)5)74-98-102(91,92)96-70-77(84)69-95-101(89,90)97-73-78(71-93-80(85)65-59-53-47-41-19-17-15-13-11-8-2)100-83(88)68-62-56-50-44-38-37-40-46-52-58-64-76(6)9-3/h75-79,84H,7-74H2,1-6H3,(H,89,90)(H,91,92)/t76?,77-,78+,79+/m0/s1. The Labute approximate surface area is 626 Å². The number of ether oxygens (including phenoxy) is 4. The number of esters is 4. The van der Waals surface area contributed by atoms with Crippen molar-refractivity contribution in [3.63, 3.8) is 0 Å². The van der Waals surface area contributed by atoms with Gasteiger partial charge in [0, 0.05) is 25.7 Å². The third kappa shape index (κ3) is 74.9. The van der Waals surface area contributed by atoms with Crippen LogP contribution >= 0.6 is 15.6 Å². The van der Waals surface area contributed by atoms with E-state index in [1.165, 1.54) is 257 Å². The molecule has 0 spiro atoms. The van der Waals surface area contributed by atoms with E-state index in [0.29, 0.717) is 25.7 Å². The molecule has 0 aromatic carbocycles. The van der Waals surface area contributed by atoms with Gasteiger partial charge in [0.05, 0.1) is 26.4 Å². The molecule has 0 aromatic heterocycles. The van der Waals surface area contributed by atoms with Crippen molar-refractivity contribution in [1.29, 1.82) is 0 Å². The average molecular weight is 1490 g/mol. The minimum atomic E-state index is -4.96. The lowest BCUT2D eigenvalue weighted by molar-refractivity contribution is -0.161. The fourth-order valence-electron chi connectivity index (χ4n) is 12.9. The van der Waals surface area contributed by atoms with Crippen LogP contribution in [0.3, 0.4) is 0 Å². The lowest BCUT2D eigenvalue weighted by Crippen LogP contribution is -2.30. The molecule has 0 aromatic rings. The number of unbranched alkanes of at least 4 members (excludes halogenated alkanes) is 51. The number of hydrogen-bond acceptors (Lipinski definition) is 15. The van der Waals surface area contributed by atoms with E-state index in [1.54, 1.807) is 0 Å². The highest BCUT2D eigenvalue weighted by Crippen LogP contribution is 2.45. The second-order valence-corrected chi connectivity index (χ2v) is 33.5. The Kier molecular flexibility index (Phi) is 73.1. The van der Waals surface area contributed by atoms with E-state index in [4.69, 9.17) is 37.0 Å². The topological polar surface area (TPSA) is 237 Å². The van der Waals surface area contributed by atoms with Crippen molar-refractivity contribution >= 4 is 39.5 Å². The first-order valence-corrected chi connectivity index (χ1v) is 46.0. The first kappa shape index (κ1) is 100. The van der Waals surface area contributed by atoms with Crippen molar-refractivity contribution in [3.8, 4) is 0 Å². The van der Waals surface area contributed by atoms with Crippen LogP contribution in [-0.2, 0) is 65.4 Å². The molecule has 606 valence electrons. The normalized spacial score (nSPS) is 14.1. The molecule has 17 nitrogen and oxygen atoms in total. The Morgan fingerprint density at radius 2 is 0.500 bits per heavy atom. The van der Waals surface area contributed by atoms with Crippen molar-refractivity contribution in [2.75, 3.05) is 39.6 Å². The molecule has 0 radical (unpaired) electrons. The predicted molar refractivity (Wildman–Crippen MR) is 418 cm³/mol. The van der Waals surface area contributed by atoms with Crippen molar-refractivity contribution in [2.45, 2.75) is 458 Å². The van der Waals surface area contributed by atoms with Crippen molar-refractivity contribution in [3.05, 3.63) is 0 Å². The molecule has 102 heavy (non-hydrogen) atoms. The summed E-state index contributed by atoms with van der Waals surface area (Å²) in [5, 5.41) is 10.7. The van der Waals surface area contributed by atoms with Crippen molar-refractivity contribution in [2.24, 2.45) is 11.8 Å². The highest BCUT2D eigenvalue weighted by atomic mass is 31.2. The lowest BCUT2D eigenvalue weighted by Gasteiger charge is -2.21.